The minimum absolute atomic E-state index is 0.0968. The van der Waals surface area contributed by atoms with Crippen LogP contribution in [0.2, 0.25) is 0 Å². The molecule has 0 fully saturated rings. The molecule has 0 saturated heterocycles. The maximum Gasteiger partial charge on any atom is 0.242 e. The number of likely N-dealkylation sites (N-methyl/N-ethyl adjacent to an activating group) is 1. The number of carbonyl (C=O) groups is 2. The zero-order valence-corrected chi connectivity index (χ0v) is 17.9. The molecule has 9 heteroatoms. The van der Waals surface area contributed by atoms with Gasteiger partial charge in [0.05, 0.1) is 5.25 Å². The number of hydrogen-bond acceptors (Lipinski definition) is 5. The van der Waals surface area contributed by atoms with Crippen molar-refractivity contribution in [3.8, 4) is 0 Å². The van der Waals surface area contributed by atoms with Gasteiger partial charge in [-0.2, -0.15) is 0 Å². The average molecular weight is 415 g/mol. The van der Waals surface area contributed by atoms with E-state index >= 15 is 0 Å². The Bertz CT molecular complexity index is 1010. The summed E-state index contributed by atoms with van der Waals surface area (Å²) in [5.41, 5.74) is 1.69. The predicted octanol–water partition coefficient (Wildman–Crippen LogP) is 2.76. The van der Waals surface area contributed by atoms with Gasteiger partial charge in [-0.15, -0.1) is 10.2 Å². The molecular formula is C20H26N6O2S. The molecule has 0 aliphatic carbocycles. The second-order valence-corrected chi connectivity index (χ2v) is 8.06. The molecule has 2 aromatic heterocycles. The number of hydrogen-bond donors (Lipinski definition) is 1. The number of rotatable bonds is 8. The Morgan fingerprint density at radius 1 is 1.24 bits per heavy atom. The third-order valence-corrected chi connectivity index (χ3v) is 5.93. The van der Waals surface area contributed by atoms with E-state index < -0.39 is 0 Å². The number of nitrogens with one attached hydrogen (secondary N) is 1. The van der Waals surface area contributed by atoms with Gasteiger partial charge in [0.25, 0.3) is 0 Å². The highest BCUT2D eigenvalue weighted by Crippen LogP contribution is 2.24. The Hall–Kier alpha value is -2.81. The van der Waals surface area contributed by atoms with Gasteiger partial charge in [-0.05, 0) is 45.0 Å². The first-order valence-corrected chi connectivity index (χ1v) is 10.5. The fourth-order valence-electron chi connectivity index (χ4n) is 3.07. The summed E-state index contributed by atoms with van der Waals surface area (Å²) in [5, 5.41) is 12.1. The number of carbonyl (C=O) groups excluding carboxylic acids is 2. The van der Waals surface area contributed by atoms with E-state index in [0.717, 1.165) is 16.6 Å². The summed E-state index contributed by atoms with van der Waals surface area (Å²) in [7, 11) is 1.84. The first-order chi connectivity index (χ1) is 13.9. The molecule has 8 nitrogen and oxygen atoms in total. The highest BCUT2D eigenvalue weighted by molar-refractivity contribution is 8.00. The molecule has 1 N–H and O–H groups in total. The van der Waals surface area contributed by atoms with Crippen molar-refractivity contribution in [2.75, 3.05) is 18.4 Å². The van der Waals surface area contributed by atoms with Crippen LogP contribution in [0.4, 0.5) is 5.69 Å². The molecule has 0 spiro atoms. The number of aryl methyl sites for hydroxylation is 1. The number of fused-ring (bicyclic) bond motifs is 1. The standard InChI is InChI=1S/C20H26N6O2S/c1-5-25(6-2)18(27)12-26-10-9-15-11-16(7-8-17(15)26)22-19(28)14(3)29-20-23-21-13-24(20)4/h7-11,13-14H,5-6,12H2,1-4H3,(H,22,28). The van der Waals surface area contributed by atoms with E-state index in [1.807, 2.05) is 67.7 Å². The summed E-state index contributed by atoms with van der Waals surface area (Å²) in [6.45, 7) is 7.51. The van der Waals surface area contributed by atoms with Crippen molar-refractivity contribution in [1.29, 1.82) is 0 Å². The Morgan fingerprint density at radius 3 is 2.66 bits per heavy atom. The van der Waals surface area contributed by atoms with Crippen LogP contribution < -0.4 is 5.32 Å². The summed E-state index contributed by atoms with van der Waals surface area (Å²) < 4.78 is 3.72. The third kappa shape index (κ3) is 4.79. The monoisotopic (exact) mass is 414 g/mol. The molecular weight excluding hydrogens is 388 g/mol. The van der Waals surface area contributed by atoms with Crippen LogP contribution in [0.1, 0.15) is 20.8 Å². The zero-order chi connectivity index (χ0) is 21.0. The third-order valence-electron chi connectivity index (χ3n) is 4.78. The van der Waals surface area contributed by atoms with Crippen molar-refractivity contribution < 1.29 is 9.59 Å². The topological polar surface area (TPSA) is 85.1 Å². The van der Waals surface area contributed by atoms with E-state index in [0.29, 0.717) is 24.8 Å². The van der Waals surface area contributed by atoms with Crippen LogP contribution in [0.15, 0.2) is 41.9 Å². The van der Waals surface area contributed by atoms with Gasteiger partial charge in [-0.1, -0.05) is 11.8 Å². The largest absolute Gasteiger partial charge is 0.342 e. The summed E-state index contributed by atoms with van der Waals surface area (Å²) in [6.07, 6.45) is 3.51. The molecule has 0 radical (unpaired) electrons. The lowest BCUT2D eigenvalue weighted by atomic mass is 10.2. The van der Waals surface area contributed by atoms with Crippen molar-refractivity contribution in [1.82, 2.24) is 24.2 Å². The maximum absolute atomic E-state index is 12.5. The smallest absolute Gasteiger partial charge is 0.242 e. The van der Waals surface area contributed by atoms with Gasteiger partial charge < -0.3 is 19.4 Å². The van der Waals surface area contributed by atoms with Gasteiger partial charge in [-0.3, -0.25) is 9.59 Å². The van der Waals surface area contributed by atoms with Gasteiger partial charge in [-0.25, -0.2) is 0 Å². The van der Waals surface area contributed by atoms with E-state index in [4.69, 9.17) is 0 Å². The molecule has 3 rings (SSSR count). The Morgan fingerprint density at radius 2 is 2.00 bits per heavy atom. The first-order valence-electron chi connectivity index (χ1n) is 9.61. The summed E-state index contributed by atoms with van der Waals surface area (Å²) in [4.78, 5) is 26.7. The molecule has 0 aliphatic rings. The second kappa shape index (κ2) is 9.13. The zero-order valence-electron chi connectivity index (χ0n) is 17.1. The van der Waals surface area contributed by atoms with Crippen LogP contribution in [-0.2, 0) is 23.2 Å². The molecule has 0 aliphatic heterocycles. The fraction of sp³-hybridized carbons (Fsp3) is 0.400. The van der Waals surface area contributed by atoms with Crippen molar-refractivity contribution in [3.63, 3.8) is 0 Å². The van der Waals surface area contributed by atoms with E-state index in [1.165, 1.54) is 11.8 Å². The average Bonchev–Trinajstić information content (AvgIpc) is 3.28. The van der Waals surface area contributed by atoms with Crippen molar-refractivity contribution in [3.05, 3.63) is 36.8 Å². The summed E-state index contributed by atoms with van der Waals surface area (Å²) in [6, 6.07) is 7.67. The van der Waals surface area contributed by atoms with Crippen molar-refractivity contribution in [2.24, 2.45) is 7.05 Å². The second-order valence-electron chi connectivity index (χ2n) is 6.76. The number of aromatic nitrogens is 4. The van der Waals surface area contributed by atoms with Crippen LogP contribution in [0, 0.1) is 0 Å². The Kier molecular flexibility index (Phi) is 6.58. The van der Waals surface area contributed by atoms with Crippen LogP contribution >= 0.6 is 11.8 Å². The molecule has 2 amide bonds. The van der Waals surface area contributed by atoms with Crippen LogP contribution in [0.25, 0.3) is 10.9 Å². The highest BCUT2D eigenvalue weighted by Gasteiger charge is 2.18. The van der Waals surface area contributed by atoms with Crippen LogP contribution in [-0.4, -0.2) is 54.4 Å². The lowest BCUT2D eigenvalue weighted by Crippen LogP contribution is -2.33. The van der Waals surface area contributed by atoms with Crippen LogP contribution in [0.3, 0.4) is 0 Å². The maximum atomic E-state index is 12.5. The predicted molar refractivity (Wildman–Crippen MR) is 115 cm³/mol. The summed E-state index contributed by atoms with van der Waals surface area (Å²) in [5.74, 6) is -0.00648. The Balaban J connectivity index is 1.68. The van der Waals surface area contributed by atoms with E-state index in [1.54, 1.807) is 10.9 Å². The van der Waals surface area contributed by atoms with Gasteiger partial charge in [0, 0.05) is 42.9 Å². The molecule has 1 unspecified atom stereocenters. The van der Waals surface area contributed by atoms with Gasteiger partial charge in [0.15, 0.2) is 5.16 Å². The number of anilines is 1. The van der Waals surface area contributed by atoms with Crippen molar-refractivity contribution in [2.45, 2.75) is 37.7 Å². The van der Waals surface area contributed by atoms with Crippen LogP contribution in [0.5, 0.6) is 0 Å². The minimum Gasteiger partial charge on any atom is -0.342 e. The molecule has 1 aromatic carbocycles. The van der Waals surface area contributed by atoms with Gasteiger partial charge in [0.2, 0.25) is 11.8 Å². The fourth-order valence-corrected chi connectivity index (χ4v) is 3.86. The first kappa shape index (κ1) is 20.9. The lowest BCUT2D eigenvalue weighted by Gasteiger charge is -2.19. The lowest BCUT2D eigenvalue weighted by molar-refractivity contribution is -0.131. The van der Waals surface area contributed by atoms with E-state index in [2.05, 4.69) is 15.5 Å². The molecule has 0 bridgehead atoms. The molecule has 2 heterocycles. The normalized spacial score (nSPS) is 12.1. The minimum atomic E-state index is -0.315. The van der Waals surface area contributed by atoms with E-state index in [9.17, 15) is 9.59 Å². The molecule has 3 aromatic rings. The van der Waals surface area contributed by atoms with Crippen molar-refractivity contribution >= 4 is 40.2 Å². The quantitative estimate of drug-likeness (QED) is 0.573. The highest BCUT2D eigenvalue weighted by atomic mass is 32.2. The molecule has 154 valence electrons. The number of nitrogens with zero attached hydrogens (tertiary/aromatic N) is 5. The van der Waals surface area contributed by atoms with Gasteiger partial charge in [0.1, 0.15) is 12.9 Å². The number of amides is 2. The Labute approximate surface area is 174 Å². The number of benzene rings is 1. The SMILES string of the molecule is CCN(CC)C(=O)Cn1ccc2cc(NC(=O)C(C)Sc3nncn3C)ccc21. The molecule has 1 atom stereocenters. The number of thioether (sulfide) groups is 1. The van der Waals surface area contributed by atoms with Gasteiger partial charge >= 0.3 is 0 Å². The van der Waals surface area contributed by atoms with E-state index in [-0.39, 0.29) is 17.1 Å². The molecule has 0 saturated carbocycles. The summed E-state index contributed by atoms with van der Waals surface area (Å²) >= 11 is 1.36. The molecule has 29 heavy (non-hydrogen) atoms.